The summed E-state index contributed by atoms with van der Waals surface area (Å²) in [6, 6.07) is 1.57. The van der Waals surface area contributed by atoms with E-state index in [4.69, 9.17) is 9.47 Å². The third-order valence-electron chi connectivity index (χ3n) is 8.80. The SMILES string of the molecule is CN[C@H](C(=O)N[C@H](C(=O)N[C@H](C(=O)N[C@H](C(=O)N(C)[C@H](C(=O)NCCc1ccc2c(c1)OCO2)C(C)C)C(C)C)C(C)C)C(C)C)C(C)C. The Morgan fingerprint density at radius 3 is 1.59 bits per heavy atom. The lowest BCUT2D eigenvalue weighted by atomic mass is 9.96. The third-order valence-corrected chi connectivity index (χ3v) is 8.80. The predicted molar refractivity (Wildman–Crippen MR) is 189 cm³/mol. The Balaban J connectivity index is 2.13. The predicted octanol–water partition coefficient (Wildman–Crippen LogP) is 2.22. The summed E-state index contributed by atoms with van der Waals surface area (Å²) in [4.78, 5) is 68.9. The van der Waals surface area contributed by atoms with Gasteiger partial charge in [-0.05, 0) is 60.8 Å². The van der Waals surface area contributed by atoms with Gasteiger partial charge >= 0.3 is 0 Å². The highest BCUT2D eigenvalue weighted by atomic mass is 16.7. The van der Waals surface area contributed by atoms with Crippen molar-refractivity contribution in [1.82, 2.24) is 31.5 Å². The fourth-order valence-electron chi connectivity index (χ4n) is 5.89. The molecule has 276 valence electrons. The fraction of sp³-hybridized carbons (Fsp3) is 0.694. The highest BCUT2D eigenvalue weighted by molar-refractivity contribution is 5.96. The molecular formula is C36H60N6O7. The van der Waals surface area contributed by atoms with Crippen LogP contribution < -0.4 is 36.1 Å². The van der Waals surface area contributed by atoms with Gasteiger partial charge in [-0.1, -0.05) is 75.3 Å². The average molecular weight is 689 g/mol. The van der Waals surface area contributed by atoms with Crippen molar-refractivity contribution in [1.29, 1.82) is 0 Å². The van der Waals surface area contributed by atoms with Crippen molar-refractivity contribution < 1.29 is 33.4 Å². The summed E-state index contributed by atoms with van der Waals surface area (Å²) in [6.07, 6.45) is 0.562. The quantitative estimate of drug-likeness (QED) is 0.157. The van der Waals surface area contributed by atoms with Crippen LogP contribution in [0.2, 0.25) is 0 Å². The number of nitrogens with one attached hydrogen (secondary N) is 5. The summed E-state index contributed by atoms with van der Waals surface area (Å²) in [5.41, 5.74) is 0.976. The lowest BCUT2D eigenvalue weighted by molar-refractivity contribution is -0.144. The first-order chi connectivity index (χ1) is 22.9. The Labute approximate surface area is 292 Å². The Morgan fingerprint density at radius 2 is 1.12 bits per heavy atom. The van der Waals surface area contributed by atoms with Crippen molar-refractivity contribution in [3.8, 4) is 11.5 Å². The number of fused-ring (bicyclic) bond motifs is 1. The lowest BCUT2D eigenvalue weighted by Crippen LogP contribution is -2.62. The van der Waals surface area contributed by atoms with Crippen molar-refractivity contribution in [2.45, 2.75) is 106 Å². The summed E-state index contributed by atoms with van der Waals surface area (Å²) in [7, 11) is 3.26. The van der Waals surface area contributed by atoms with Gasteiger partial charge in [-0.25, -0.2) is 0 Å². The molecule has 5 amide bonds. The molecule has 0 unspecified atom stereocenters. The second kappa shape index (κ2) is 18.8. The van der Waals surface area contributed by atoms with Crippen molar-refractivity contribution in [3.05, 3.63) is 23.8 Å². The van der Waals surface area contributed by atoms with Crippen LogP contribution in [0.4, 0.5) is 0 Å². The highest BCUT2D eigenvalue weighted by Crippen LogP contribution is 2.32. The summed E-state index contributed by atoms with van der Waals surface area (Å²) in [5.74, 6) is -1.78. The number of hydrogen-bond donors (Lipinski definition) is 5. The van der Waals surface area contributed by atoms with Crippen LogP contribution in [0.1, 0.15) is 74.8 Å². The van der Waals surface area contributed by atoms with Crippen LogP contribution in [0, 0.1) is 29.6 Å². The van der Waals surface area contributed by atoms with Crippen LogP contribution in [0.3, 0.4) is 0 Å². The van der Waals surface area contributed by atoms with Gasteiger partial charge < -0.3 is 41.0 Å². The van der Waals surface area contributed by atoms with Crippen LogP contribution >= 0.6 is 0 Å². The molecule has 0 radical (unpaired) electrons. The highest BCUT2D eigenvalue weighted by Gasteiger charge is 2.38. The summed E-state index contributed by atoms with van der Waals surface area (Å²) < 4.78 is 10.8. The van der Waals surface area contributed by atoms with Crippen LogP contribution in [0.5, 0.6) is 11.5 Å². The summed E-state index contributed by atoms with van der Waals surface area (Å²) in [5, 5.41) is 14.5. The molecule has 1 aromatic rings. The molecule has 1 aliphatic rings. The maximum atomic E-state index is 13.9. The first-order valence-electron chi connectivity index (χ1n) is 17.4. The van der Waals surface area contributed by atoms with Gasteiger partial charge in [0.1, 0.15) is 24.2 Å². The summed E-state index contributed by atoms with van der Waals surface area (Å²) >= 11 is 0. The van der Waals surface area contributed by atoms with Crippen molar-refractivity contribution >= 4 is 29.5 Å². The van der Waals surface area contributed by atoms with Crippen LogP contribution in [0.15, 0.2) is 18.2 Å². The molecule has 5 N–H and O–H groups in total. The van der Waals surface area contributed by atoms with E-state index in [1.807, 2.05) is 73.6 Å². The Hall–Kier alpha value is -3.87. The zero-order valence-corrected chi connectivity index (χ0v) is 31.4. The smallest absolute Gasteiger partial charge is 0.245 e. The normalized spacial score (nSPS) is 15.5. The molecule has 0 fully saturated rings. The van der Waals surface area contributed by atoms with Gasteiger partial charge in [-0.15, -0.1) is 0 Å². The van der Waals surface area contributed by atoms with E-state index in [9.17, 15) is 24.0 Å². The fourth-order valence-corrected chi connectivity index (χ4v) is 5.89. The maximum absolute atomic E-state index is 13.9. The number of benzene rings is 1. The molecular weight excluding hydrogens is 628 g/mol. The van der Waals surface area contributed by atoms with Crippen LogP contribution in [0.25, 0.3) is 0 Å². The molecule has 2 rings (SSSR count). The second-order valence-corrected chi connectivity index (χ2v) is 14.6. The Bertz CT molecular complexity index is 1300. The molecule has 0 aliphatic carbocycles. The zero-order chi connectivity index (χ0) is 37.2. The van der Waals surface area contributed by atoms with Gasteiger partial charge in [0.05, 0.1) is 6.04 Å². The topological polar surface area (TPSA) is 167 Å². The molecule has 5 atom stereocenters. The number of hydrogen-bond acceptors (Lipinski definition) is 8. The second-order valence-electron chi connectivity index (χ2n) is 14.6. The van der Waals surface area contributed by atoms with E-state index in [0.29, 0.717) is 24.5 Å². The molecule has 49 heavy (non-hydrogen) atoms. The van der Waals surface area contributed by atoms with E-state index in [1.165, 1.54) is 4.90 Å². The molecule has 1 aliphatic heterocycles. The van der Waals surface area contributed by atoms with Gasteiger partial charge in [0.2, 0.25) is 36.3 Å². The first kappa shape index (κ1) is 41.3. The molecule has 1 aromatic carbocycles. The van der Waals surface area contributed by atoms with E-state index in [1.54, 1.807) is 27.9 Å². The molecule has 13 heteroatoms. The first-order valence-corrected chi connectivity index (χ1v) is 17.4. The van der Waals surface area contributed by atoms with Crippen molar-refractivity contribution in [2.75, 3.05) is 27.4 Å². The summed E-state index contributed by atoms with van der Waals surface area (Å²) in [6.45, 7) is 18.9. The van der Waals surface area contributed by atoms with Gasteiger partial charge in [-0.2, -0.15) is 0 Å². The minimum atomic E-state index is -0.976. The van der Waals surface area contributed by atoms with Crippen molar-refractivity contribution in [3.63, 3.8) is 0 Å². The monoisotopic (exact) mass is 688 g/mol. The zero-order valence-electron chi connectivity index (χ0n) is 31.4. The van der Waals surface area contributed by atoms with Crippen LogP contribution in [-0.2, 0) is 30.4 Å². The van der Waals surface area contributed by atoms with E-state index < -0.39 is 47.9 Å². The minimum Gasteiger partial charge on any atom is -0.454 e. The molecule has 0 aromatic heterocycles. The molecule has 13 nitrogen and oxygen atoms in total. The number of carbonyl (C=O) groups is 5. The number of rotatable bonds is 18. The van der Waals surface area contributed by atoms with Gasteiger partial charge in [0, 0.05) is 13.6 Å². The Kier molecular flexibility index (Phi) is 15.8. The van der Waals surface area contributed by atoms with E-state index in [2.05, 4.69) is 26.6 Å². The third kappa shape index (κ3) is 11.3. The molecule has 1 heterocycles. The van der Waals surface area contributed by atoms with Crippen LogP contribution in [-0.4, -0.2) is 92.1 Å². The number of amides is 5. The molecule has 0 saturated carbocycles. The molecule has 0 saturated heterocycles. The minimum absolute atomic E-state index is 0.00122. The largest absolute Gasteiger partial charge is 0.454 e. The van der Waals surface area contributed by atoms with Gasteiger partial charge in [0.25, 0.3) is 0 Å². The number of carbonyl (C=O) groups excluding carboxylic acids is 5. The average Bonchev–Trinajstić information content (AvgIpc) is 3.48. The van der Waals surface area contributed by atoms with E-state index in [0.717, 1.165) is 5.56 Å². The maximum Gasteiger partial charge on any atom is 0.245 e. The van der Waals surface area contributed by atoms with E-state index in [-0.39, 0.29) is 48.2 Å². The van der Waals surface area contributed by atoms with Crippen molar-refractivity contribution in [2.24, 2.45) is 29.6 Å². The standard InChI is InChI=1S/C36H60N6O7/c1-19(2)27(37-11)32(43)39-28(20(3)4)33(44)40-29(21(5)6)34(45)41-30(22(7)8)36(47)42(12)31(23(9)10)35(46)38-16-15-24-13-14-25-26(17-24)49-18-48-25/h13-14,17,19-23,27-31,37H,15-16,18H2,1-12H3,(H,38,46)(H,39,43)(H,40,44)(H,41,45)/t27-,28-,29-,30-,31-/m0/s1. The molecule has 0 bridgehead atoms. The Morgan fingerprint density at radius 1 is 0.653 bits per heavy atom. The van der Waals surface area contributed by atoms with E-state index >= 15 is 0 Å². The lowest BCUT2D eigenvalue weighted by Gasteiger charge is -2.35. The number of ether oxygens (including phenoxy) is 2. The van der Waals surface area contributed by atoms with Gasteiger partial charge in [0.15, 0.2) is 11.5 Å². The van der Waals surface area contributed by atoms with Gasteiger partial charge in [-0.3, -0.25) is 24.0 Å². The number of likely N-dealkylation sites (N-methyl/N-ethyl adjacent to an activating group) is 2. The molecule has 0 spiro atoms. The number of nitrogens with zero attached hydrogens (tertiary/aromatic N) is 1.